The highest BCUT2D eigenvalue weighted by molar-refractivity contribution is 9.10. The van der Waals surface area contributed by atoms with Gasteiger partial charge in [-0.15, -0.1) is 0 Å². The summed E-state index contributed by atoms with van der Waals surface area (Å²) in [6.45, 7) is 8.77. The van der Waals surface area contributed by atoms with Crippen molar-refractivity contribution in [3.8, 4) is 5.75 Å². The first-order valence-electron chi connectivity index (χ1n) is 5.94. The molecule has 1 amide bonds. The first-order chi connectivity index (χ1) is 8.93. The van der Waals surface area contributed by atoms with Crippen molar-refractivity contribution in [2.45, 2.75) is 13.8 Å². The summed E-state index contributed by atoms with van der Waals surface area (Å²) < 4.78 is 6.31. The maximum Gasteiger partial charge on any atom is 0.260 e. The Morgan fingerprint density at radius 1 is 1.53 bits per heavy atom. The molecule has 0 fully saturated rings. The van der Waals surface area contributed by atoms with Gasteiger partial charge in [-0.1, -0.05) is 39.7 Å². The van der Waals surface area contributed by atoms with Crippen molar-refractivity contribution < 1.29 is 9.53 Å². The summed E-state index contributed by atoms with van der Waals surface area (Å²) in [6.07, 6.45) is 0. The van der Waals surface area contributed by atoms with Crippen molar-refractivity contribution in [2.24, 2.45) is 0 Å². The minimum absolute atomic E-state index is 0.0253. The quantitative estimate of drug-likeness (QED) is 0.731. The number of carbonyl (C=O) groups excluding carboxylic acids is 1. The Morgan fingerprint density at radius 2 is 2.21 bits per heavy atom. The number of hydrogen-bond donors (Lipinski definition) is 0. The van der Waals surface area contributed by atoms with Crippen LogP contribution in [0, 0.1) is 0 Å². The molecule has 1 rings (SSSR count). The van der Waals surface area contributed by atoms with Gasteiger partial charge in [0.2, 0.25) is 0 Å². The highest BCUT2D eigenvalue weighted by Crippen LogP contribution is 2.27. The predicted octanol–water partition coefficient (Wildman–Crippen LogP) is 3.91. The molecule has 0 saturated carbocycles. The number of rotatable bonds is 6. The van der Waals surface area contributed by atoms with E-state index < -0.39 is 0 Å². The topological polar surface area (TPSA) is 29.5 Å². The lowest BCUT2D eigenvalue weighted by Crippen LogP contribution is -2.35. The molecule has 0 heterocycles. The van der Waals surface area contributed by atoms with Gasteiger partial charge >= 0.3 is 0 Å². The van der Waals surface area contributed by atoms with Crippen LogP contribution in [0.4, 0.5) is 0 Å². The van der Waals surface area contributed by atoms with Gasteiger partial charge in [0, 0.05) is 17.6 Å². The summed E-state index contributed by atoms with van der Waals surface area (Å²) in [6, 6.07) is 5.28. The van der Waals surface area contributed by atoms with Crippen molar-refractivity contribution in [1.82, 2.24) is 4.90 Å². The molecule has 1 aromatic rings. The van der Waals surface area contributed by atoms with Gasteiger partial charge in [-0.05, 0) is 32.0 Å². The zero-order valence-electron chi connectivity index (χ0n) is 11.1. The second-order valence-electron chi connectivity index (χ2n) is 4.23. The van der Waals surface area contributed by atoms with Crippen LogP contribution in [0.2, 0.25) is 5.02 Å². The molecule has 3 nitrogen and oxygen atoms in total. The number of ether oxygens (including phenoxy) is 1. The van der Waals surface area contributed by atoms with Gasteiger partial charge in [-0.2, -0.15) is 0 Å². The summed E-state index contributed by atoms with van der Waals surface area (Å²) in [5.74, 6) is 0.425. The van der Waals surface area contributed by atoms with Gasteiger partial charge in [-0.25, -0.2) is 0 Å². The summed E-state index contributed by atoms with van der Waals surface area (Å²) in [5, 5.41) is 0.477. The molecule has 0 aliphatic heterocycles. The van der Waals surface area contributed by atoms with Crippen LogP contribution in [0.5, 0.6) is 5.75 Å². The third kappa shape index (κ3) is 5.25. The van der Waals surface area contributed by atoms with E-state index in [2.05, 4.69) is 22.5 Å². The van der Waals surface area contributed by atoms with E-state index in [9.17, 15) is 4.79 Å². The Kier molecular flexibility index (Phi) is 6.38. The van der Waals surface area contributed by atoms with Crippen LogP contribution in [-0.4, -0.2) is 30.5 Å². The largest absolute Gasteiger partial charge is 0.482 e. The summed E-state index contributed by atoms with van der Waals surface area (Å²) in [5.41, 5.74) is 0.942. The zero-order valence-corrected chi connectivity index (χ0v) is 13.4. The Balaban J connectivity index is 2.60. The number of halogens is 2. The van der Waals surface area contributed by atoms with Gasteiger partial charge in [0.05, 0.1) is 5.02 Å². The zero-order chi connectivity index (χ0) is 14.4. The van der Waals surface area contributed by atoms with Crippen molar-refractivity contribution in [3.63, 3.8) is 0 Å². The molecule has 0 aliphatic rings. The predicted molar refractivity (Wildman–Crippen MR) is 81.7 cm³/mol. The normalized spacial score (nSPS) is 10.1. The second kappa shape index (κ2) is 7.56. The highest BCUT2D eigenvalue weighted by Gasteiger charge is 2.13. The average molecular weight is 347 g/mol. The van der Waals surface area contributed by atoms with Gasteiger partial charge in [0.15, 0.2) is 6.61 Å². The van der Waals surface area contributed by atoms with Crippen molar-refractivity contribution in [1.29, 1.82) is 0 Å². The van der Waals surface area contributed by atoms with Crippen LogP contribution in [-0.2, 0) is 4.79 Å². The highest BCUT2D eigenvalue weighted by atomic mass is 79.9. The van der Waals surface area contributed by atoms with Gasteiger partial charge in [-0.3, -0.25) is 4.79 Å². The molecule has 0 radical (unpaired) electrons. The lowest BCUT2D eigenvalue weighted by atomic mass is 10.3. The standard InChI is InChI=1S/C14H17BrClNO2/c1-4-17(8-10(2)3)14(18)9-19-13-6-5-11(15)7-12(13)16/h5-7H,2,4,8-9H2,1,3H3. The fraction of sp³-hybridized carbons (Fsp3) is 0.357. The van der Waals surface area contributed by atoms with Crippen LogP contribution in [0.15, 0.2) is 34.8 Å². The van der Waals surface area contributed by atoms with E-state index in [1.807, 2.05) is 19.9 Å². The van der Waals surface area contributed by atoms with E-state index >= 15 is 0 Å². The number of amides is 1. The SMILES string of the molecule is C=C(C)CN(CC)C(=O)COc1ccc(Br)cc1Cl. The maximum atomic E-state index is 12.0. The van der Waals surface area contributed by atoms with Crippen LogP contribution >= 0.6 is 27.5 Å². The Bertz CT molecular complexity index is 477. The molecule has 0 spiro atoms. The Labute approximate surface area is 127 Å². The molecule has 19 heavy (non-hydrogen) atoms. The van der Waals surface area contributed by atoms with Crippen LogP contribution in [0.3, 0.4) is 0 Å². The molecule has 0 bridgehead atoms. The van der Waals surface area contributed by atoms with Crippen molar-refractivity contribution >= 4 is 33.4 Å². The van der Waals surface area contributed by atoms with E-state index in [-0.39, 0.29) is 12.5 Å². The summed E-state index contributed by atoms with van der Waals surface area (Å²) >= 11 is 9.33. The van der Waals surface area contributed by atoms with E-state index in [4.69, 9.17) is 16.3 Å². The Morgan fingerprint density at radius 3 is 2.74 bits per heavy atom. The third-order valence-corrected chi connectivity index (χ3v) is 3.23. The number of benzene rings is 1. The molecular formula is C14H17BrClNO2. The molecule has 1 aromatic carbocycles. The second-order valence-corrected chi connectivity index (χ2v) is 5.55. The van der Waals surface area contributed by atoms with Crippen LogP contribution in [0.1, 0.15) is 13.8 Å². The third-order valence-electron chi connectivity index (χ3n) is 2.44. The molecule has 0 aromatic heterocycles. The summed E-state index contributed by atoms with van der Waals surface area (Å²) in [7, 11) is 0. The first-order valence-corrected chi connectivity index (χ1v) is 7.11. The molecule has 0 unspecified atom stereocenters. The minimum Gasteiger partial charge on any atom is -0.482 e. The Hall–Kier alpha value is -1.000. The van der Waals surface area contributed by atoms with Crippen molar-refractivity contribution in [3.05, 3.63) is 39.8 Å². The number of hydrogen-bond acceptors (Lipinski definition) is 2. The van der Waals surface area contributed by atoms with E-state index in [1.165, 1.54) is 0 Å². The molecule has 0 saturated heterocycles. The van der Waals surface area contributed by atoms with E-state index in [0.717, 1.165) is 10.0 Å². The molecule has 104 valence electrons. The molecular weight excluding hydrogens is 330 g/mol. The van der Waals surface area contributed by atoms with Crippen LogP contribution in [0.25, 0.3) is 0 Å². The lowest BCUT2D eigenvalue weighted by molar-refractivity contribution is -0.132. The lowest BCUT2D eigenvalue weighted by Gasteiger charge is -2.21. The minimum atomic E-state index is -0.0792. The van der Waals surface area contributed by atoms with Crippen molar-refractivity contribution in [2.75, 3.05) is 19.7 Å². The van der Waals surface area contributed by atoms with E-state index in [0.29, 0.717) is 23.9 Å². The average Bonchev–Trinajstić information content (AvgIpc) is 2.34. The first kappa shape index (κ1) is 16.1. The molecule has 0 aliphatic carbocycles. The molecule has 0 atom stereocenters. The van der Waals surface area contributed by atoms with Crippen LogP contribution < -0.4 is 4.74 Å². The number of nitrogens with zero attached hydrogens (tertiary/aromatic N) is 1. The number of likely N-dealkylation sites (N-methyl/N-ethyl adjacent to an activating group) is 1. The van der Waals surface area contributed by atoms with Gasteiger partial charge in [0.25, 0.3) is 5.91 Å². The fourth-order valence-corrected chi connectivity index (χ4v) is 2.25. The van der Waals surface area contributed by atoms with Gasteiger partial charge in [0.1, 0.15) is 5.75 Å². The molecule has 0 N–H and O–H groups in total. The summed E-state index contributed by atoms with van der Waals surface area (Å²) in [4.78, 5) is 13.7. The van der Waals surface area contributed by atoms with Gasteiger partial charge < -0.3 is 9.64 Å². The molecule has 5 heteroatoms. The fourth-order valence-electron chi connectivity index (χ4n) is 1.53. The smallest absolute Gasteiger partial charge is 0.260 e. The maximum absolute atomic E-state index is 12.0. The number of carbonyl (C=O) groups is 1. The monoisotopic (exact) mass is 345 g/mol. The van der Waals surface area contributed by atoms with E-state index in [1.54, 1.807) is 17.0 Å².